The first-order valence-electron chi connectivity index (χ1n) is 14.1. The number of anilines is 1. The molecule has 1 fully saturated rings. The summed E-state index contributed by atoms with van der Waals surface area (Å²) in [4.78, 5) is 51.2. The number of carbonyl (C=O) groups is 3. The number of hydrogen-bond donors (Lipinski definition) is 2. The van der Waals surface area contributed by atoms with Crippen molar-refractivity contribution in [3.8, 4) is 5.88 Å². The molecule has 6 rings (SSSR count). The van der Waals surface area contributed by atoms with E-state index in [1.165, 1.54) is 36.1 Å². The molecule has 0 spiro atoms. The van der Waals surface area contributed by atoms with Crippen molar-refractivity contribution in [3.63, 3.8) is 0 Å². The van der Waals surface area contributed by atoms with Crippen LogP contribution in [0.25, 0.3) is 0 Å². The van der Waals surface area contributed by atoms with Gasteiger partial charge < -0.3 is 29.9 Å². The Bertz CT molecular complexity index is 1820. The molecule has 2 aliphatic heterocycles. The van der Waals surface area contributed by atoms with Crippen molar-refractivity contribution < 1.29 is 37.6 Å². The molecule has 2 atom stereocenters. The molecule has 3 N–H and O–H groups in total. The van der Waals surface area contributed by atoms with E-state index in [1.54, 1.807) is 0 Å². The fraction of sp³-hybridized carbons (Fsp3) is 0.226. The second-order valence-electron chi connectivity index (χ2n) is 10.3. The number of nitrogens with zero attached hydrogens (tertiary/aromatic N) is 4. The lowest BCUT2D eigenvalue weighted by atomic mass is 10.0. The van der Waals surface area contributed by atoms with Gasteiger partial charge in [-0.1, -0.05) is 65.8 Å². The summed E-state index contributed by atoms with van der Waals surface area (Å²) in [5, 5.41) is 11.1. The van der Waals surface area contributed by atoms with E-state index in [0.29, 0.717) is 16.7 Å². The van der Waals surface area contributed by atoms with Gasteiger partial charge in [-0.25, -0.2) is 9.78 Å². The number of ether oxygens (including phenoxy) is 2. The number of halogens is 1. The van der Waals surface area contributed by atoms with Crippen LogP contribution >= 0.6 is 23.1 Å². The molecular formula is C31H27FN6O7S2. The van der Waals surface area contributed by atoms with Crippen LogP contribution in [0, 0.1) is 12.7 Å². The zero-order valence-electron chi connectivity index (χ0n) is 24.9. The van der Waals surface area contributed by atoms with E-state index in [0.717, 1.165) is 11.3 Å². The summed E-state index contributed by atoms with van der Waals surface area (Å²) in [5.41, 5.74) is 7.43. The van der Waals surface area contributed by atoms with Gasteiger partial charge in [-0.2, -0.15) is 4.39 Å². The molecule has 0 aliphatic carbocycles. The number of β-lactam (4-membered cyclic amide) rings is 1. The van der Waals surface area contributed by atoms with E-state index in [2.05, 4.69) is 20.6 Å². The van der Waals surface area contributed by atoms with Gasteiger partial charge in [0, 0.05) is 16.7 Å². The number of fused-ring (bicyclic) bond motifs is 1. The van der Waals surface area contributed by atoms with Gasteiger partial charge in [0.1, 0.15) is 36.5 Å². The second kappa shape index (κ2) is 13.6. The zero-order chi connectivity index (χ0) is 33.1. The predicted molar refractivity (Wildman–Crippen MR) is 170 cm³/mol. The molecule has 0 bridgehead atoms. The molecule has 4 heterocycles. The Kier molecular flexibility index (Phi) is 9.22. The van der Waals surface area contributed by atoms with Gasteiger partial charge >= 0.3 is 5.97 Å². The number of hydrogen-bond acceptors (Lipinski definition) is 13. The standard InChI is InChI=1S/C31H27FN6O7S2/c1-16-21(32)27(37-45-16)43-13-19-14-46-29-23(35-26(39)22(36-42-2)20-15-47-31(33)34-20)28(40)38(29)24(19)30(41)44-25(17-9-5-3-6-10-17)18-11-7-4-8-12-18/h3-12,15,23,25,29H,13-14H2,1-2H3,(H2,33,34)(H,35,39)/b36-22-/t23?,29-/m1/s1. The van der Waals surface area contributed by atoms with E-state index in [-0.39, 0.29) is 46.2 Å². The highest BCUT2D eigenvalue weighted by atomic mass is 32.2. The second-order valence-corrected chi connectivity index (χ2v) is 12.3. The summed E-state index contributed by atoms with van der Waals surface area (Å²) in [6, 6.07) is 17.3. The summed E-state index contributed by atoms with van der Waals surface area (Å²) in [6.45, 7) is 1.11. The van der Waals surface area contributed by atoms with Crippen LogP contribution in [-0.4, -0.2) is 69.4 Å². The Morgan fingerprint density at radius 1 is 1.17 bits per heavy atom. The summed E-state index contributed by atoms with van der Waals surface area (Å²) < 4.78 is 31.0. The van der Waals surface area contributed by atoms with Crippen molar-refractivity contribution in [1.82, 2.24) is 20.4 Å². The van der Waals surface area contributed by atoms with Gasteiger partial charge in [0.25, 0.3) is 17.7 Å². The first-order chi connectivity index (χ1) is 22.8. The molecule has 0 radical (unpaired) electrons. The number of rotatable bonds is 11. The molecule has 16 heteroatoms. The Hall–Kier alpha value is -5.22. The fourth-order valence-corrected chi connectivity index (χ4v) is 6.89. The Morgan fingerprint density at radius 2 is 1.85 bits per heavy atom. The van der Waals surface area contributed by atoms with E-state index in [9.17, 15) is 18.8 Å². The molecule has 0 saturated carbocycles. The minimum atomic E-state index is -1.02. The Morgan fingerprint density at radius 3 is 2.43 bits per heavy atom. The topological polar surface area (TPSA) is 171 Å². The number of esters is 1. The molecule has 242 valence electrons. The SMILES string of the molecule is CO/N=C(\C(=O)NC1C(=O)N2C(C(=O)OC(c3ccccc3)c3ccccc3)=C(COc3noc(C)c3F)CS[C@H]12)c1csc(N)n1. The van der Waals surface area contributed by atoms with Crippen LogP contribution in [-0.2, 0) is 24.0 Å². The molecule has 2 amide bonds. The molecular weight excluding hydrogens is 652 g/mol. The molecule has 2 aromatic carbocycles. The van der Waals surface area contributed by atoms with Gasteiger partial charge in [-0.15, -0.1) is 23.1 Å². The maximum Gasteiger partial charge on any atom is 0.356 e. The first kappa shape index (κ1) is 31.7. The van der Waals surface area contributed by atoms with Crippen molar-refractivity contribution >= 4 is 51.7 Å². The molecule has 1 saturated heterocycles. The highest BCUT2D eigenvalue weighted by molar-refractivity contribution is 8.00. The van der Waals surface area contributed by atoms with Crippen molar-refractivity contribution in [2.75, 3.05) is 25.2 Å². The highest BCUT2D eigenvalue weighted by Gasteiger charge is 2.55. The highest BCUT2D eigenvalue weighted by Crippen LogP contribution is 2.42. The Labute approximate surface area is 275 Å². The summed E-state index contributed by atoms with van der Waals surface area (Å²) in [5.74, 6) is -3.13. The summed E-state index contributed by atoms with van der Waals surface area (Å²) in [7, 11) is 1.27. The number of carbonyl (C=O) groups excluding carboxylic acids is 3. The molecule has 47 heavy (non-hydrogen) atoms. The van der Waals surface area contributed by atoms with Crippen LogP contribution in [0.15, 0.2) is 87.0 Å². The number of nitrogen functional groups attached to an aromatic ring is 1. The third kappa shape index (κ3) is 6.41. The minimum Gasteiger partial charge on any atom is -0.469 e. The monoisotopic (exact) mass is 678 g/mol. The minimum absolute atomic E-state index is 0.0616. The lowest BCUT2D eigenvalue weighted by Crippen LogP contribution is -2.71. The number of thioether (sulfide) groups is 1. The average Bonchev–Trinajstić information content (AvgIpc) is 3.67. The van der Waals surface area contributed by atoms with Crippen molar-refractivity contribution in [2.24, 2.45) is 5.16 Å². The average molecular weight is 679 g/mol. The van der Waals surface area contributed by atoms with Crippen LogP contribution in [0.5, 0.6) is 5.88 Å². The van der Waals surface area contributed by atoms with E-state index >= 15 is 0 Å². The number of nitrogens with two attached hydrogens (primary N) is 1. The number of aryl methyl sites for hydroxylation is 1. The van der Waals surface area contributed by atoms with Crippen LogP contribution in [0.1, 0.15) is 28.7 Å². The largest absolute Gasteiger partial charge is 0.469 e. The maximum absolute atomic E-state index is 14.4. The van der Waals surface area contributed by atoms with Crippen molar-refractivity contribution in [2.45, 2.75) is 24.4 Å². The van der Waals surface area contributed by atoms with Gasteiger partial charge in [-0.05, 0) is 23.2 Å². The van der Waals surface area contributed by atoms with Gasteiger partial charge in [0.05, 0.1) is 0 Å². The fourth-order valence-electron chi connectivity index (χ4n) is 5.02. The number of nitrogens with one attached hydrogen (secondary N) is 1. The van der Waals surface area contributed by atoms with Crippen LogP contribution in [0.4, 0.5) is 9.52 Å². The number of aromatic nitrogens is 2. The molecule has 4 aromatic rings. The third-order valence-electron chi connectivity index (χ3n) is 7.26. The van der Waals surface area contributed by atoms with Gasteiger partial charge in [0.15, 0.2) is 22.7 Å². The smallest absolute Gasteiger partial charge is 0.356 e. The first-order valence-corrected chi connectivity index (χ1v) is 16.0. The maximum atomic E-state index is 14.4. The van der Waals surface area contributed by atoms with Crippen LogP contribution in [0.2, 0.25) is 0 Å². The zero-order valence-corrected chi connectivity index (χ0v) is 26.5. The van der Waals surface area contributed by atoms with E-state index in [4.69, 9.17) is 24.6 Å². The van der Waals surface area contributed by atoms with Crippen LogP contribution in [0.3, 0.4) is 0 Å². The number of amides is 2. The lowest BCUT2D eigenvalue weighted by Gasteiger charge is -2.49. The molecule has 1 unspecified atom stereocenters. The predicted octanol–water partition coefficient (Wildman–Crippen LogP) is 3.58. The van der Waals surface area contributed by atoms with Crippen molar-refractivity contribution in [1.29, 1.82) is 0 Å². The quantitative estimate of drug-likeness (QED) is 0.103. The molecule has 2 aromatic heterocycles. The van der Waals surface area contributed by atoms with Crippen LogP contribution < -0.4 is 15.8 Å². The van der Waals surface area contributed by atoms with Gasteiger partial charge in [0.2, 0.25) is 5.82 Å². The lowest BCUT2D eigenvalue weighted by molar-refractivity contribution is -0.154. The molecule has 13 nitrogen and oxygen atoms in total. The van der Waals surface area contributed by atoms with Gasteiger partial charge in [-0.3, -0.25) is 14.5 Å². The Balaban J connectivity index is 1.29. The number of thiazole rings is 1. The number of benzene rings is 2. The van der Waals surface area contributed by atoms with E-state index in [1.807, 2.05) is 60.7 Å². The third-order valence-corrected chi connectivity index (χ3v) is 9.28. The number of oxime groups is 1. The summed E-state index contributed by atoms with van der Waals surface area (Å²) >= 11 is 2.39. The van der Waals surface area contributed by atoms with Crippen molar-refractivity contribution in [3.05, 3.63) is 106 Å². The van der Waals surface area contributed by atoms with E-state index < -0.39 is 41.1 Å². The molecule has 2 aliphatic rings. The summed E-state index contributed by atoms with van der Waals surface area (Å²) in [6.07, 6.45) is -0.812. The normalized spacial score (nSPS) is 17.7.